The zero-order valence-electron chi connectivity index (χ0n) is 11.6. The second kappa shape index (κ2) is 7.65. The van der Waals surface area contributed by atoms with E-state index in [1.165, 1.54) is 5.56 Å². The smallest absolute Gasteiger partial charge is 0.244 e. The van der Waals surface area contributed by atoms with Gasteiger partial charge in [-0.25, -0.2) is 0 Å². The van der Waals surface area contributed by atoms with Gasteiger partial charge in [0.2, 0.25) is 5.91 Å². The lowest BCUT2D eigenvalue weighted by atomic mass is 10.1. The number of benzene rings is 1. The maximum Gasteiger partial charge on any atom is 0.244 e. The van der Waals surface area contributed by atoms with Crippen molar-refractivity contribution in [2.75, 3.05) is 0 Å². The van der Waals surface area contributed by atoms with Gasteiger partial charge in [-0.3, -0.25) is 4.79 Å². The highest BCUT2D eigenvalue weighted by Crippen LogP contribution is 2.10. The Kier molecular flexibility index (Phi) is 5.56. The largest absolute Gasteiger partial charge is 0.350 e. The van der Waals surface area contributed by atoms with Crippen LogP contribution in [0.5, 0.6) is 0 Å². The number of thiophene rings is 1. The third-order valence-corrected chi connectivity index (χ3v) is 3.88. The number of hydrogen-bond donors (Lipinski definition) is 1. The van der Waals surface area contributed by atoms with Crippen LogP contribution in [0.2, 0.25) is 0 Å². The van der Waals surface area contributed by atoms with Crippen molar-refractivity contribution in [3.63, 3.8) is 0 Å². The Morgan fingerprint density at radius 2 is 2.05 bits per heavy atom. The van der Waals surface area contributed by atoms with Crippen molar-refractivity contribution in [1.82, 2.24) is 5.32 Å². The average molecular weight is 285 g/mol. The molecule has 1 N–H and O–H groups in total. The molecule has 0 fully saturated rings. The van der Waals surface area contributed by atoms with Gasteiger partial charge in [0.15, 0.2) is 0 Å². The van der Waals surface area contributed by atoms with Gasteiger partial charge < -0.3 is 5.32 Å². The topological polar surface area (TPSA) is 29.1 Å². The van der Waals surface area contributed by atoms with Gasteiger partial charge in [0.05, 0.1) is 0 Å². The van der Waals surface area contributed by atoms with Crippen molar-refractivity contribution in [1.29, 1.82) is 0 Å². The molecule has 20 heavy (non-hydrogen) atoms. The van der Waals surface area contributed by atoms with E-state index in [9.17, 15) is 4.79 Å². The molecule has 0 saturated carbocycles. The van der Waals surface area contributed by atoms with Crippen LogP contribution in [0.1, 0.15) is 23.8 Å². The molecule has 0 bridgehead atoms. The summed E-state index contributed by atoms with van der Waals surface area (Å²) in [7, 11) is 0. The van der Waals surface area contributed by atoms with Crippen molar-refractivity contribution >= 4 is 23.3 Å². The minimum Gasteiger partial charge on any atom is -0.350 e. The number of carbonyl (C=O) groups excluding carboxylic acids is 1. The molecule has 1 atom stereocenters. The second-order valence-corrected chi connectivity index (χ2v) is 5.76. The van der Waals surface area contributed by atoms with Gasteiger partial charge in [0.25, 0.3) is 0 Å². The third-order valence-electron chi connectivity index (χ3n) is 3.04. The average Bonchev–Trinajstić information content (AvgIpc) is 2.97. The van der Waals surface area contributed by atoms with Crippen molar-refractivity contribution in [3.05, 3.63) is 64.4 Å². The van der Waals surface area contributed by atoms with Gasteiger partial charge >= 0.3 is 0 Å². The molecule has 0 aliphatic rings. The Morgan fingerprint density at radius 1 is 1.25 bits per heavy atom. The molecule has 0 aliphatic carbocycles. The van der Waals surface area contributed by atoms with E-state index < -0.39 is 0 Å². The van der Waals surface area contributed by atoms with Crippen LogP contribution in [0.4, 0.5) is 0 Å². The van der Waals surface area contributed by atoms with Crippen LogP contribution in [0.25, 0.3) is 6.08 Å². The summed E-state index contributed by atoms with van der Waals surface area (Å²) in [6.07, 6.45) is 5.38. The molecule has 0 aliphatic heterocycles. The van der Waals surface area contributed by atoms with Gasteiger partial charge in [0, 0.05) is 17.0 Å². The normalized spacial score (nSPS) is 12.4. The molecule has 1 aromatic heterocycles. The molecule has 0 unspecified atom stereocenters. The highest BCUT2D eigenvalue weighted by molar-refractivity contribution is 7.10. The van der Waals surface area contributed by atoms with Crippen molar-refractivity contribution < 1.29 is 4.79 Å². The fourth-order valence-electron chi connectivity index (χ4n) is 1.93. The highest BCUT2D eigenvalue weighted by atomic mass is 32.1. The van der Waals surface area contributed by atoms with E-state index in [-0.39, 0.29) is 11.9 Å². The van der Waals surface area contributed by atoms with Crippen LogP contribution in [-0.2, 0) is 11.2 Å². The highest BCUT2D eigenvalue weighted by Gasteiger charge is 2.05. The van der Waals surface area contributed by atoms with Crippen LogP contribution < -0.4 is 5.32 Å². The first-order valence-corrected chi connectivity index (χ1v) is 7.68. The first kappa shape index (κ1) is 14.5. The lowest BCUT2D eigenvalue weighted by Gasteiger charge is -2.12. The monoisotopic (exact) mass is 285 g/mol. The number of hydrogen-bond acceptors (Lipinski definition) is 2. The Hall–Kier alpha value is -1.87. The minimum atomic E-state index is -0.0287. The first-order chi connectivity index (χ1) is 9.74. The summed E-state index contributed by atoms with van der Waals surface area (Å²) in [5, 5.41) is 4.99. The molecule has 2 nitrogen and oxygen atoms in total. The van der Waals surface area contributed by atoms with Crippen molar-refractivity contribution in [2.24, 2.45) is 0 Å². The molecule has 0 saturated heterocycles. The van der Waals surface area contributed by atoms with E-state index in [1.807, 2.05) is 48.7 Å². The maximum absolute atomic E-state index is 11.8. The standard InChI is InChI=1S/C17H19NOS/c1-14(9-10-15-6-3-2-4-7-15)18-17(19)12-11-16-8-5-13-20-16/h2-8,11-14H,9-10H2,1H3,(H,18,19)/b12-11+/t14-/m0/s1. The van der Waals surface area contributed by atoms with E-state index in [2.05, 4.69) is 17.4 Å². The van der Waals surface area contributed by atoms with E-state index in [0.717, 1.165) is 17.7 Å². The summed E-state index contributed by atoms with van der Waals surface area (Å²) in [5.74, 6) is -0.0287. The lowest BCUT2D eigenvalue weighted by molar-refractivity contribution is -0.117. The molecular weight excluding hydrogens is 266 g/mol. The van der Waals surface area contributed by atoms with Crippen LogP contribution in [0, 0.1) is 0 Å². The molecule has 2 rings (SSSR count). The summed E-state index contributed by atoms with van der Waals surface area (Å²) < 4.78 is 0. The van der Waals surface area contributed by atoms with Crippen molar-refractivity contribution in [2.45, 2.75) is 25.8 Å². The van der Waals surface area contributed by atoms with Gasteiger partial charge in [-0.15, -0.1) is 11.3 Å². The maximum atomic E-state index is 11.8. The minimum absolute atomic E-state index is 0.0287. The SMILES string of the molecule is C[C@@H](CCc1ccccc1)NC(=O)/C=C/c1cccs1. The number of aryl methyl sites for hydroxylation is 1. The fraction of sp³-hybridized carbons (Fsp3) is 0.235. The first-order valence-electron chi connectivity index (χ1n) is 6.80. The molecule has 3 heteroatoms. The third kappa shape index (κ3) is 5.02. The van der Waals surface area contributed by atoms with Gasteiger partial charge in [0.1, 0.15) is 0 Å². The van der Waals surface area contributed by atoms with Crippen LogP contribution in [0.3, 0.4) is 0 Å². The molecule has 1 aromatic carbocycles. The predicted molar refractivity (Wildman–Crippen MR) is 85.7 cm³/mol. The molecule has 0 radical (unpaired) electrons. The van der Waals surface area contributed by atoms with Gasteiger partial charge in [-0.2, -0.15) is 0 Å². The number of nitrogens with one attached hydrogen (secondary N) is 1. The lowest BCUT2D eigenvalue weighted by Crippen LogP contribution is -2.31. The fourth-order valence-corrected chi connectivity index (χ4v) is 2.55. The van der Waals surface area contributed by atoms with E-state index >= 15 is 0 Å². The zero-order chi connectivity index (χ0) is 14.2. The van der Waals surface area contributed by atoms with Crippen LogP contribution in [-0.4, -0.2) is 11.9 Å². The van der Waals surface area contributed by atoms with Crippen LogP contribution >= 0.6 is 11.3 Å². The summed E-state index contributed by atoms with van der Waals surface area (Å²) in [6.45, 7) is 2.04. The van der Waals surface area contributed by atoms with Crippen molar-refractivity contribution in [3.8, 4) is 0 Å². The zero-order valence-corrected chi connectivity index (χ0v) is 12.4. The van der Waals surface area contributed by atoms with Gasteiger partial charge in [-0.05, 0) is 42.9 Å². The Balaban J connectivity index is 1.74. The van der Waals surface area contributed by atoms with E-state index in [0.29, 0.717) is 0 Å². The van der Waals surface area contributed by atoms with E-state index in [1.54, 1.807) is 17.4 Å². The molecule has 0 spiro atoms. The molecule has 1 amide bonds. The molecule has 1 heterocycles. The molecule has 2 aromatic rings. The Morgan fingerprint density at radius 3 is 2.75 bits per heavy atom. The predicted octanol–water partition coefficient (Wildman–Crippen LogP) is 3.90. The van der Waals surface area contributed by atoms with Crippen LogP contribution in [0.15, 0.2) is 53.9 Å². The quantitative estimate of drug-likeness (QED) is 0.801. The van der Waals surface area contributed by atoms with E-state index in [4.69, 9.17) is 0 Å². The summed E-state index contributed by atoms with van der Waals surface area (Å²) in [6, 6.07) is 14.5. The van der Waals surface area contributed by atoms with Gasteiger partial charge in [-0.1, -0.05) is 36.4 Å². The Bertz CT molecular complexity index is 546. The second-order valence-electron chi connectivity index (χ2n) is 4.78. The summed E-state index contributed by atoms with van der Waals surface area (Å²) >= 11 is 1.62. The summed E-state index contributed by atoms with van der Waals surface area (Å²) in [4.78, 5) is 12.9. The summed E-state index contributed by atoms with van der Waals surface area (Å²) in [5.41, 5.74) is 1.31. The number of amides is 1. The molecule has 104 valence electrons. The molecular formula is C17H19NOS. The Labute approximate surface area is 124 Å². The number of carbonyl (C=O) groups is 1. The number of rotatable bonds is 6.